The van der Waals surface area contributed by atoms with Gasteiger partial charge in [0.1, 0.15) is 11.8 Å². The highest BCUT2D eigenvalue weighted by Gasteiger charge is 2.11. The van der Waals surface area contributed by atoms with E-state index in [9.17, 15) is 10.1 Å². The largest absolute Gasteiger partial charge is 0.436 e. The normalized spacial score (nSPS) is 9.68. The molecule has 0 amide bonds. The van der Waals surface area contributed by atoms with Gasteiger partial charge in [-0.3, -0.25) is 10.1 Å². The van der Waals surface area contributed by atoms with Crippen molar-refractivity contribution in [2.45, 2.75) is 0 Å². The Morgan fingerprint density at radius 3 is 2.68 bits per heavy atom. The van der Waals surface area contributed by atoms with Gasteiger partial charge >= 0.3 is 0 Å². The molecule has 0 saturated carbocycles. The zero-order valence-electron chi connectivity index (χ0n) is 9.28. The fourth-order valence-electron chi connectivity index (χ4n) is 1.23. The van der Waals surface area contributed by atoms with E-state index in [0.29, 0.717) is 9.32 Å². The van der Waals surface area contributed by atoms with Crippen molar-refractivity contribution in [1.82, 2.24) is 10.2 Å². The first-order valence-corrected chi connectivity index (χ1v) is 6.03. The Morgan fingerprint density at radius 2 is 2.11 bits per heavy atom. The van der Waals surface area contributed by atoms with E-state index in [1.54, 1.807) is 6.07 Å². The van der Waals surface area contributed by atoms with Crippen LogP contribution < -0.4 is 4.74 Å². The number of aromatic nitrogens is 2. The minimum Gasteiger partial charge on any atom is -0.436 e. The van der Waals surface area contributed by atoms with E-state index < -0.39 is 4.92 Å². The molecule has 0 spiro atoms. The smallest absolute Gasteiger partial charge is 0.273 e. The SMILES string of the molecule is N#Cc1ccc(Oc2cc([N+](=O)[O-])ccc2I)nn1. The van der Waals surface area contributed by atoms with Crippen molar-refractivity contribution in [2.75, 3.05) is 0 Å². The molecule has 7 nitrogen and oxygen atoms in total. The van der Waals surface area contributed by atoms with Gasteiger partial charge in [-0.1, -0.05) is 0 Å². The molecule has 0 unspecified atom stereocenters. The molecule has 0 saturated heterocycles. The minimum atomic E-state index is -0.507. The van der Waals surface area contributed by atoms with E-state index in [1.807, 2.05) is 28.7 Å². The Morgan fingerprint density at radius 1 is 1.32 bits per heavy atom. The van der Waals surface area contributed by atoms with E-state index in [2.05, 4.69) is 10.2 Å². The van der Waals surface area contributed by atoms with Gasteiger partial charge < -0.3 is 4.74 Å². The van der Waals surface area contributed by atoms with E-state index in [0.717, 1.165) is 0 Å². The first-order chi connectivity index (χ1) is 9.10. The fraction of sp³-hybridized carbons (Fsp3) is 0. The summed E-state index contributed by atoms with van der Waals surface area (Å²) in [5, 5.41) is 26.6. The molecule has 1 aromatic carbocycles. The van der Waals surface area contributed by atoms with Crippen molar-refractivity contribution in [3.63, 3.8) is 0 Å². The molecular weight excluding hydrogens is 363 g/mol. The van der Waals surface area contributed by atoms with Crippen LogP contribution in [0.15, 0.2) is 30.3 Å². The molecule has 0 aliphatic heterocycles. The first kappa shape index (κ1) is 13.2. The lowest BCUT2D eigenvalue weighted by atomic mass is 10.3. The van der Waals surface area contributed by atoms with Crippen molar-refractivity contribution in [1.29, 1.82) is 5.26 Å². The zero-order chi connectivity index (χ0) is 13.8. The molecule has 0 radical (unpaired) electrons. The minimum absolute atomic E-state index is 0.0722. The van der Waals surface area contributed by atoms with Crippen molar-refractivity contribution in [3.8, 4) is 17.7 Å². The summed E-state index contributed by atoms with van der Waals surface area (Å²) in [6, 6.07) is 9.03. The maximum atomic E-state index is 10.7. The number of hydrogen-bond acceptors (Lipinski definition) is 6. The maximum Gasteiger partial charge on any atom is 0.273 e. The summed E-state index contributed by atoms with van der Waals surface area (Å²) in [4.78, 5) is 10.2. The van der Waals surface area contributed by atoms with Crippen molar-refractivity contribution in [2.24, 2.45) is 0 Å². The predicted octanol–water partition coefficient (Wildman–Crippen LogP) is 2.65. The van der Waals surface area contributed by atoms with Crippen molar-refractivity contribution >= 4 is 28.3 Å². The average Bonchev–Trinajstić information content (AvgIpc) is 2.42. The third-order valence-corrected chi connectivity index (χ3v) is 2.99. The summed E-state index contributed by atoms with van der Waals surface area (Å²) in [6.07, 6.45) is 0. The molecule has 2 aromatic rings. The molecule has 2 rings (SSSR count). The molecule has 0 atom stereocenters. The van der Waals surface area contributed by atoms with E-state index in [-0.39, 0.29) is 17.3 Å². The lowest BCUT2D eigenvalue weighted by Gasteiger charge is -2.05. The summed E-state index contributed by atoms with van der Waals surface area (Å²) < 4.78 is 6.11. The van der Waals surface area contributed by atoms with E-state index in [4.69, 9.17) is 10.00 Å². The third-order valence-electron chi connectivity index (χ3n) is 2.09. The Bertz CT molecular complexity index is 667. The summed E-state index contributed by atoms with van der Waals surface area (Å²) >= 11 is 1.99. The summed E-state index contributed by atoms with van der Waals surface area (Å²) in [6.45, 7) is 0. The highest BCUT2D eigenvalue weighted by atomic mass is 127. The van der Waals surface area contributed by atoms with Gasteiger partial charge in [-0.05, 0) is 34.7 Å². The molecule has 0 N–H and O–H groups in total. The first-order valence-electron chi connectivity index (χ1n) is 4.96. The number of nitro groups is 1. The number of non-ortho nitro benzene ring substituents is 1. The molecule has 94 valence electrons. The summed E-state index contributed by atoms with van der Waals surface area (Å²) in [5.41, 5.74) is 0.0955. The molecule has 0 fully saturated rings. The van der Waals surface area contributed by atoms with Gasteiger partial charge in [0.05, 0.1) is 14.6 Å². The highest BCUT2D eigenvalue weighted by Crippen LogP contribution is 2.29. The second kappa shape index (κ2) is 5.57. The fourth-order valence-corrected chi connectivity index (χ4v) is 1.68. The quantitative estimate of drug-likeness (QED) is 0.469. The monoisotopic (exact) mass is 368 g/mol. The Hall–Kier alpha value is -2.28. The van der Waals surface area contributed by atoms with Crippen LogP contribution in [0.2, 0.25) is 0 Å². The maximum absolute atomic E-state index is 10.7. The molecule has 0 bridgehead atoms. The molecule has 1 heterocycles. The predicted molar refractivity (Wildman–Crippen MR) is 72.6 cm³/mol. The highest BCUT2D eigenvalue weighted by molar-refractivity contribution is 14.1. The van der Waals surface area contributed by atoms with Crippen LogP contribution >= 0.6 is 22.6 Å². The van der Waals surface area contributed by atoms with Crippen LogP contribution in [0, 0.1) is 25.0 Å². The molecule has 0 aliphatic rings. The lowest BCUT2D eigenvalue weighted by molar-refractivity contribution is -0.384. The number of nitro benzene ring substituents is 1. The number of benzene rings is 1. The molecule has 19 heavy (non-hydrogen) atoms. The van der Waals surface area contributed by atoms with Crippen LogP contribution in [0.25, 0.3) is 0 Å². The summed E-state index contributed by atoms with van der Waals surface area (Å²) in [7, 11) is 0. The van der Waals surface area contributed by atoms with Gasteiger partial charge in [-0.2, -0.15) is 5.26 Å². The Labute approximate surface area is 121 Å². The number of nitrogens with zero attached hydrogens (tertiary/aromatic N) is 4. The number of hydrogen-bond donors (Lipinski definition) is 0. The van der Waals surface area contributed by atoms with Crippen LogP contribution in [0.1, 0.15) is 5.69 Å². The number of rotatable bonds is 3. The number of halogens is 1. The average molecular weight is 368 g/mol. The van der Waals surface area contributed by atoms with Crippen LogP contribution in [0.5, 0.6) is 11.6 Å². The van der Waals surface area contributed by atoms with Gasteiger partial charge in [0.2, 0.25) is 5.88 Å². The standard InChI is InChI=1S/C11H5IN4O3/c12-9-3-2-8(16(17)18)5-10(9)19-11-4-1-7(6-13)14-15-11/h1-5H. The lowest BCUT2D eigenvalue weighted by Crippen LogP contribution is -1.95. The van der Waals surface area contributed by atoms with Crippen molar-refractivity contribution < 1.29 is 9.66 Å². The van der Waals surface area contributed by atoms with Gasteiger partial charge in [0, 0.05) is 12.1 Å². The van der Waals surface area contributed by atoms with Gasteiger partial charge in [0.25, 0.3) is 5.69 Å². The van der Waals surface area contributed by atoms with Crippen LogP contribution in [0.3, 0.4) is 0 Å². The second-order valence-corrected chi connectivity index (χ2v) is 4.50. The third kappa shape index (κ3) is 3.14. The van der Waals surface area contributed by atoms with Gasteiger partial charge in [0.15, 0.2) is 5.69 Å². The van der Waals surface area contributed by atoms with E-state index >= 15 is 0 Å². The molecule has 0 aliphatic carbocycles. The van der Waals surface area contributed by atoms with Crippen LogP contribution in [0.4, 0.5) is 5.69 Å². The topological polar surface area (TPSA) is 102 Å². The Kier molecular flexibility index (Phi) is 3.86. The number of ether oxygens (including phenoxy) is 1. The van der Waals surface area contributed by atoms with E-state index in [1.165, 1.54) is 24.3 Å². The summed E-state index contributed by atoms with van der Waals surface area (Å²) in [5.74, 6) is 0.478. The molecular formula is C11H5IN4O3. The number of nitriles is 1. The Balaban J connectivity index is 2.29. The zero-order valence-corrected chi connectivity index (χ0v) is 11.4. The van der Waals surface area contributed by atoms with Crippen molar-refractivity contribution in [3.05, 3.63) is 49.7 Å². The van der Waals surface area contributed by atoms with Crippen LogP contribution in [-0.2, 0) is 0 Å². The second-order valence-electron chi connectivity index (χ2n) is 3.34. The van der Waals surface area contributed by atoms with Gasteiger partial charge in [-0.15, -0.1) is 10.2 Å². The van der Waals surface area contributed by atoms with Gasteiger partial charge in [-0.25, -0.2) is 0 Å². The molecule has 1 aromatic heterocycles. The molecule has 8 heteroatoms. The van der Waals surface area contributed by atoms with Crippen LogP contribution in [-0.4, -0.2) is 15.1 Å².